The lowest BCUT2D eigenvalue weighted by atomic mass is 10.0. The number of carbonyl (C=O) groups is 2. The average Bonchev–Trinajstić information content (AvgIpc) is 3.46. The Balaban J connectivity index is 1.42. The molecule has 9 nitrogen and oxygen atoms in total. The van der Waals surface area contributed by atoms with E-state index < -0.39 is 15.9 Å². The zero-order chi connectivity index (χ0) is 28.8. The summed E-state index contributed by atoms with van der Waals surface area (Å²) >= 11 is 1.43. The van der Waals surface area contributed by atoms with Crippen molar-refractivity contribution < 1.29 is 18.0 Å². The van der Waals surface area contributed by atoms with Gasteiger partial charge in [0.05, 0.1) is 16.2 Å². The molecule has 0 radical (unpaired) electrons. The number of sulfonamides is 1. The number of carbonyl (C=O) groups excluding carboxylic acids is 2. The van der Waals surface area contributed by atoms with E-state index in [0.29, 0.717) is 54.1 Å². The van der Waals surface area contributed by atoms with Crippen molar-refractivity contribution in [2.45, 2.75) is 71.4 Å². The van der Waals surface area contributed by atoms with Gasteiger partial charge in [-0.3, -0.25) is 14.5 Å². The first-order valence-electron chi connectivity index (χ1n) is 13.8. The predicted octanol–water partition coefficient (Wildman–Crippen LogP) is 4.69. The summed E-state index contributed by atoms with van der Waals surface area (Å²) in [7, 11) is -3.61. The maximum absolute atomic E-state index is 13.8. The first kappa shape index (κ1) is 28.7. The van der Waals surface area contributed by atoms with Crippen molar-refractivity contribution in [2.75, 3.05) is 25.0 Å². The number of piperidine rings is 1. The molecule has 4 heterocycles. The zero-order valence-corrected chi connectivity index (χ0v) is 25.4. The lowest BCUT2D eigenvalue weighted by Crippen LogP contribution is -2.37. The molecule has 214 valence electrons. The normalized spacial score (nSPS) is 17.2. The summed E-state index contributed by atoms with van der Waals surface area (Å²) in [6.07, 6.45) is 2.40. The number of amides is 1. The highest BCUT2D eigenvalue weighted by Crippen LogP contribution is 2.38. The lowest BCUT2D eigenvalue weighted by Gasteiger charge is -2.30. The van der Waals surface area contributed by atoms with Crippen molar-refractivity contribution in [1.29, 1.82) is 0 Å². The molecule has 0 unspecified atom stereocenters. The summed E-state index contributed by atoms with van der Waals surface area (Å²) in [6.45, 7) is 12.7. The standard InChI is InChI=1S/C29H37N5O4S2/c1-18(2)32-13-12-24-25(17-32)39-28(26(24)29(36)34-21(5)16-20(4)31-34)30-27(35)22-6-8-23(9-7-22)40(37,38)33-14-10-19(3)11-15-33/h6-9,16,18-19H,10-15,17H2,1-5H3,(H,30,35). The minimum atomic E-state index is -3.61. The summed E-state index contributed by atoms with van der Waals surface area (Å²) in [5.74, 6) is -0.127. The van der Waals surface area contributed by atoms with Crippen molar-refractivity contribution in [2.24, 2.45) is 5.92 Å². The molecule has 0 atom stereocenters. The topological polar surface area (TPSA) is 105 Å². The summed E-state index contributed by atoms with van der Waals surface area (Å²) < 4.78 is 29.2. The number of anilines is 1. The first-order valence-corrected chi connectivity index (χ1v) is 16.1. The van der Waals surface area contributed by atoms with E-state index in [0.717, 1.165) is 41.2 Å². The highest BCUT2D eigenvalue weighted by atomic mass is 32.2. The van der Waals surface area contributed by atoms with Crippen LogP contribution in [0, 0.1) is 19.8 Å². The van der Waals surface area contributed by atoms with Crippen LogP contribution in [0.25, 0.3) is 0 Å². The molecule has 1 aromatic carbocycles. The fourth-order valence-corrected chi connectivity index (χ4v) is 8.18. The molecule has 1 N–H and O–H groups in total. The highest BCUT2D eigenvalue weighted by Gasteiger charge is 2.32. The quantitative estimate of drug-likeness (QED) is 0.452. The van der Waals surface area contributed by atoms with E-state index in [4.69, 9.17) is 0 Å². The third kappa shape index (κ3) is 5.52. The van der Waals surface area contributed by atoms with E-state index in [2.05, 4.69) is 36.1 Å². The Morgan fingerprint density at radius 2 is 1.75 bits per heavy atom. The molecular formula is C29H37N5O4S2. The van der Waals surface area contributed by atoms with Gasteiger partial charge >= 0.3 is 0 Å². The largest absolute Gasteiger partial charge is 0.313 e. The summed E-state index contributed by atoms with van der Waals surface area (Å²) in [5, 5.41) is 7.87. The highest BCUT2D eigenvalue weighted by molar-refractivity contribution is 7.89. The molecule has 1 fully saturated rings. The Labute approximate surface area is 240 Å². The number of nitrogens with zero attached hydrogens (tertiary/aromatic N) is 4. The molecule has 2 aromatic heterocycles. The summed E-state index contributed by atoms with van der Waals surface area (Å²) in [5.41, 5.74) is 3.26. The average molecular weight is 584 g/mol. The van der Waals surface area contributed by atoms with Crippen LogP contribution in [0.4, 0.5) is 5.00 Å². The third-order valence-corrected chi connectivity index (χ3v) is 11.0. The van der Waals surface area contributed by atoms with Crippen LogP contribution in [0.15, 0.2) is 35.2 Å². The SMILES string of the molecule is Cc1cc(C)n(C(=O)c2c(NC(=O)c3ccc(S(=O)(=O)N4CCC(C)CC4)cc3)sc3c2CCN(C(C)C)C3)n1. The molecule has 0 spiro atoms. The van der Waals surface area contributed by atoms with Gasteiger partial charge in [0.2, 0.25) is 10.0 Å². The number of rotatable bonds is 6. The molecule has 2 aliphatic heterocycles. The zero-order valence-electron chi connectivity index (χ0n) is 23.7. The number of benzene rings is 1. The molecule has 0 bridgehead atoms. The second-order valence-corrected chi connectivity index (χ2v) is 14.3. The molecule has 40 heavy (non-hydrogen) atoms. The van der Waals surface area contributed by atoms with Crippen molar-refractivity contribution in [3.8, 4) is 0 Å². The number of thiophene rings is 1. The maximum Gasteiger partial charge on any atom is 0.281 e. The molecule has 0 aliphatic carbocycles. The molecular weight excluding hydrogens is 546 g/mol. The maximum atomic E-state index is 13.8. The minimum Gasteiger partial charge on any atom is -0.313 e. The number of hydrogen-bond donors (Lipinski definition) is 1. The monoisotopic (exact) mass is 583 g/mol. The minimum absolute atomic E-state index is 0.180. The van der Waals surface area contributed by atoms with Crippen LogP contribution in [0.2, 0.25) is 0 Å². The molecule has 2 aliphatic rings. The molecule has 1 saturated heterocycles. The van der Waals surface area contributed by atoms with Gasteiger partial charge in [-0.15, -0.1) is 11.3 Å². The smallest absolute Gasteiger partial charge is 0.281 e. The van der Waals surface area contributed by atoms with Gasteiger partial charge in [-0.05, 0) is 88.8 Å². The number of aryl methyl sites for hydroxylation is 2. The van der Waals surface area contributed by atoms with Crippen LogP contribution in [-0.4, -0.2) is 64.9 Å². The summed E-state index contributed by atoms with van der Waals surface area (Å²) in [6, 6.07) is 8.27. The van der Waals surface area contributed by atoms with Crippen molar-refractivity contribution >= 4 is 38.2 Å². The van der Waals surface area contributed by atoms with Gasteiger partial charge in [-0.2, -0.15) is 9.40 Å². The van der Waals surface area contributed by atoms with Gasteiger partial charge in [-0.25, -0.2) is 13.1 Å². The van der Waals surface area contributed by atoms with Gasteiger partial charge in [0.1, 0.15) is 5.00 Å². The Bertz CT molecular complexity index is 1530. The van der Waals surface area contributed by atoms with E-state index in [9.17, 15) is 18.0 Å². The number of fused-ring (bicyclic) bond motifs is 1. The van der Waals surface area contributed by atoms with Crippen LogP contribution in [0.5, 0.6) is 0 Å². The Kier molecular flexibility index (Phi) is 8.02. The Morgan fingerprint density at radius 1 is 1.07 bits per heavy atom. The molecule has 0 saturated carbocycles. The van der Waals surface area contributed by atoms with E-state index in [1.165, 1.54) is 44.6 Å². The van der Waals surface area contributed by atoms with Crippen LogP contribution >= 0.6 is 11.3 Å². The molecule has 5 rings (SSSR count). The van der Waals surface area contributed by atoms with Crippen LogP contribution in [0.3, 0.4) is 0 Å². The Hall–Kier alpha value is -2.86. The van der Waals surface area contributed by atoms with E-state index >= 15 is 0 Å². The fraction of sp³-hybridized carbons (Fsp3) is 0.483. The van der Waals surface area contributed by atoms with Crippen LogP contribution in [-0.2, 0) is 23.0 Å². The molecule has 11 heteroatoms. The van der Waals surface area contributed by atoms with Crippen molar-refractivity contribution in [3.63, 3.8) is 0 Å². The number of aromatic nitrogens is 2. The van der Waals surface area contributed by atoms with Crippen LogP contribution < -0.4 is 5.32 Å². The van der Waals surface area contributed by atoms with Crippen LogP contribution in [0.1, 0.15) is 76.2 Å². The van der Waals surface area contributed by atoms with E-state index in [1.54, 1.807) is 0 Å². The van der Waals surface area contributed by atoms with Gasteiger partial charge < -0.3 is 5.32 Å². The Morgan fingerprint density at radius 3 is 2.35 bits per heavy atom. The third-order valence-electron chi connectivity index (χ3n) is 7.96. The van der Waals surface area contributed by atoms with Gasteiger partial charge in [0, 0.05) is 48.4 Å². The van der Waals surface area contributed by atoms with Gasteiger partial charge in [0.25, 0.3) is 11.8 Å². The first-order chi connectivity index (χ1) is 19.0. The van der Waals surface area contributed by atoms with E-state index in [1.807, 2.05) is 19.9 Å². The molecule has 3 aromatic rings. The van der Waals surface area contributed by atoms with Crippen molar-refractivity contribution in [1.82, 2.24) is 19.0 Å². The number of nitrogens with one attached hydrogen (secondary N) is 1. The molecule has 1 amide bonds. The second-order valence-electron chi connectivity index (χ2n) is 11.2. The number of hydrogen-bond acceptors (Lipinski definition) is 7. The van der Waals surface area contributed by atoms with Gasteiger partial charge in [0.15, 0.2) is 0 Å². The van der Waals surface area contributed by atoms with Gasteiger partial charge in [-0.1, -0.05) is 6.92 Å². The second kappa shape index (κ2) is 11.2. The predicted molar refractivity (Wildman–Crippen MR) is 157 cm³/mol. The fourth-order valence-electron chi connectivity index (χ4n) is 5.45. The lowest BCUT2D eigenvalue weighted by molar-refractivity contribution is 0.0941. The van der Waals surface area contributed by atoms with E-state index in [-0.39, 0.29) is 10.8 Å². The summed E-state index contributed by atoms with van der Waals surface area (Å²) in [4.78, 5) is 30.7. The van der Waals surface area contributed by atoms with Crippen molar-refractivity contribution in [3.05, 3.63) is 63.3 Å².